The van der Waals surface area contributed by atoms with Crippen LogP contribution in [0, 0.1) is 6.92 Å². The Morgan fingerprint density at radius 3 is 2.57 bits per heavy atom. The van der Waals surface area contributed by atoms with E-state index in [9.17, 15) is 4.79 Å². The fraction of sp³-hybridized carbons (Fsp3) is 0.300. The van der Waals surface area contributed by atoms with E-state index >= 15 is 0 Å². The maximum absolute atomic E-state index is 10.7. The van der Waals surface area contributed by atoms with Crippen LogP contribution in [0.15, 0.2) is 24.3 Å². The first-order valence-corrected chi connectivity index (χ1v) is 4.77. The molecular formula is C10H13NO2S. The number of carbonyl (C=O) groups is 1. The Kier molecular flexibility index (Phi) is 3.55. The third-order valence-electron chi connectivity index (χ3n) is 2.13. The highest BCUT2D eigenvalue weighted by Gasteiger charge is 2.23. The highest BCUT2D eigenvalue weighted by molar-refractivity contribution is 7.80. The summed E-state index contributed by atoms with van der Waals surface area (Å²) in [5, 5.41) is 8.27. The molecule has 0 aliphatic rings. The number of aliphatic carboxylic acids is 1. The second-order valence-electron chi connectivity index (χ2n) is 3.17. The molecule has 14 heavy (non-hydrogen) atoms. The van der Waals surface area contributed by atoms with Crippen molar-refractivity contribution in [1.29, 1.82) is 0 Å². The Morgan fingerprint density at radius 1 is 1.50 bits per heavy atom. The molecular weight excluding hydrogens is 198 g/mol. The number of aryl methyl sites for hydroxylation is 1. The van der Waals surface area contributed by atoms with Gasteiger partial charge in [0.15, 0.2) is 0 Å². The number of hydrogen-bond acceptors (Lipinski definition) is 3. The second-order valence-corrected chi connectivity index (χ2v) is 3.72. The largest absolute Gasteiger partial charge is 0.480 e. The molecule has 2 unspecified atom stereocenters. The van der Waals surface area contributed by atoms with Crippen molar-refractivity contribution >= 4 is 18.6 Å². The van der Waals surface area contributed by atoms with Crippen LogP contribution < -0.4 is 5.73 Å². The summed E-state index contributed by atoms with van der Waals surface area (Å²) in [4.78, 5) is 10.7. The minimum Gasteiger partial charge on any atom is -0.480 e. The molecule has 1 aromatic carbocycles. The van der Waals surface area contributed by atoms with Crippen LogP contribution >= 0.6 is 12.6 Å². The Bertz CT molecular complexity index is 341. The lowest BCUT2D eigenvalue weighted by atomic mass is 10.0. The molecule has 0 saturated heterocycles. The zero-order chi connectivity index (χ0) is 10.7. The molecule has 0 aliphatic carbocycles. The molecule has 0 radical (unpaired) electrons. The number of rotatable bonds is 3. The van der Waals surface area contributed by atoms with Crippen molar-refractivity contribution in [3.63, 3.8) is 0 Å². The smallest absolute Gasteiger partial charge is 0.321 e. The van der Waals surface area contributed by atoms with Crippen molar-refractivity contribution in [2.75, 3.05) is 0 Å². The number of benzene rings is 1. The first-order chi connectivity index (χ1) is 6.54. The van der Waals surface area contributed by atoms with E-state index in [2.05, 4.69) is 12.6 Å². The molecule has 4 heteroatoms. The van der Waals surface area contributed by atoms with Gasteiger partial charge in [-0.3, -0.25) is 4.79 Å². The minimum absolute atomic E-state index is 0.464. The molecule has 0 spiro atoms. The van der Waals surface area contributed by atoms with Gasteiger partial charge in [0.1, 0.15) is 6.04 Å². The molecule has 0 heterocycles. The molecule has 3 nitrogen and oxygen atoms in total. The van der Waals surface area contributed by atoms with E-state index in [4.69, 9.17) is 10.8 Å². The summed E-state index contributed by atoms with van der Waals surface area (Å²) in [6.45, 7) is 1.91. The van der Waals surface area contributed by atoms with Gasteiger partial charge >= 0.3 is 5.97 Å². The first-order valence-electron chi connectivity index (χ1n) is 4.26. The van der Waals surface area contributed by atoms with Gasteiger partial charge in [0.05, 0.1) is 5.25 Å². The van der Waals surface area contributed by atoms with Crippen LogP contribution in [0.1, 0.15) is 16.4 Å². The molecule has 0 amide bonds. The lowest BCUT2D eigenvalue weighted by molar-refractivity contribution is -0.138. The fourth-order valence-corrected chi connectivity index (χ4v) is 1.66. The van der Waals surface area contributed by atoms with Gasteiger partial charge in [-0.05, 0) is 18.1 Å². The van der Waals surface area contributed by atoms with Crippen LogP contribution in [0.25, 0.3) is 0 Å². The molecule has 0 fully saturated rings. The number of thiol groups is 1. The van der Waals surface area contributed by atoms with Crippen LogP contribution in [0.4, 0.5) is 0 Å². The minimum atomic E-state index is -1.03. The Hall–Kier alpha value is -1.00. The summed E-state index contributed by atoms with van der Waals surface area (Å²) in [5.74, 6) is -1.03. The van der Waals surface area contributed by atoms with Gasteiger partial charge in [-0.15, -0.1) is 0 Å². The van der Waals surface area contributed by atoms with E-state index in [1.54, 1.807) is 0 Å². The van der Waals surface area contributed by atoms with Gasteiger partial charge < -0.3 is 10.8 Å². The standard InChI is InChI=1S/C10H13NO2S/c1-6-4-2-3-5-7(6)9(14)8(11)10(12)13/h2-5,8-9,14H,11H2,1H3,(H,12,13). The van der Waals surface area contributed by atoms with E-state index in [0.29, 0.717) is 0 Å². The molecule has 0 aromatic heterocycles. The number of carboxylic acids is 1. The quantitative estimate of drug-likeness (QED) is 0.662. The zero-order valence-corrected chi connectivity index (χ0v) is 8.74. The van der Waals surface area contributed by atoms with E-state index in [1.165, 1.54) is 0 Å². The van der Waals surface area contributed by atoms with Gasteiger partial charge in [0, 0.05) is 0 Å². The normalized spacial score (nSPS) is 14.8. The molecule has 1 rings (SSSR count). The van der Waals surface area contributed by atoms with E-state index in [1.807, 2.05) is 31.2 Å². The molecule has 0 aliphatic heterocycles. The zero-order valence-electron chi connectivity index (χ0n) is 7.84. The van der Waals surface area contributed by atoms with Crippen LogP contribution in [0.3, 0.4) is 0 Å². The van der Waals surface area contributed by atoms with Gasteiger partial charge in [-0.25, -0.2) is 0 Å². The summed E-state index contributed by atoms with van der Waals surface area (Å²) in [6.07, 6.45) is 0. The SMILES string of the molecule is Cc1ccccc1C(S)C(N)C(=O)O. The van der Waals surface area contributed by atoms with Crippen LogP contribution in [-0.4, -0.2) is 17.1 Å². The van der Waals surface area contributed by atoms with Crippen molar-refractivity contribution in [3.8, 4) is 0 Å². The summed E-state index contributed by atoms with van der Waals surface area (Å²) < 4.78 is 0. The molecule has 3 N–H and O–H groups in total. The van der Waals surface area contributed by atoms with E-state index in [0.717, 1.165) is 11.1 Å². The predicted molar refractivity (Wildman–Crippen MR) is 58.5 cm³/mol. The Morgan fingerprint density at radius 2 is 2.07 bits per heavy atom. The topological polar surface area (TPSA) is 63.3 Å². The van der Waals surface area contributed by atoms with Gasteiger partial charge in [0.25, 0.3) is 0 Å². The molecule has 0 saturated carbocycles. The van der Waals surface area contributed by atoms with Crippen LogP contribution in [0.5, 0.6) is 0 Å². The van der Waals surface area contributed by atoms with Gasteiger partial charge in [-0.1, -0.05) is 24.3 Å². The average Bonchev–Trinajstić information content (AvgIpc) is 2.16. The highest BCUT2D eigenvalue weighted by Crippen LogP contribution is 2.25. The lowest BCUT2D eigenvalue weighted by Gasteiger charge is -2.17. The first kappa shape index (κ1) is 11.1. The van der Waals surface area contributed by atoms with Gasteiger partial charge in [0.2, 0.25) is 0 Å². The van der Waals surface area contributed by atoms with E-state index < -0.39 is 17.3 Å². The summed E-state index contributed by atoms with van der Waals surface area (Å²) in [7, 11) is 0. The van der Waals surface area contributed by atoms with Crippen molar-refractivity contribution in [1.82, 2.24) is 0 Å². The number of hydrogen-bond donors (Lipinski definition) is 3. The van der Waals surface area contributed by atoms with Gasteiger partial charge in [-0.2, -0.15) is 12.6 Å². The average molecular weight is 211 g/mol. The Labute approximate surface area is 88.3 Å². The lowest BCUT2D eigenvalue weighted by Crippen LogP contribution is -2.34. The third kappa shape index (κ3) is 2.27. The molecule has 76 valence electrons. The fourth-order valence-electron chi connectivity index (χ4n) is 1.25. The van der Waals surface area contributed by atoms with Crippen molar-refractivity contribution in [3.05, 3.63) is 35.4 Å². The molecule has 0 bridgehead atoms. The molecule has 1 aromatic rings. The summed E-state index contributed by atoms with van der Waals surface area (Å²) in [5.41, 5.74) is 7.36. The number of nitrogens with two attached hydrogens (primary N) is 1. The monoisotopic (exact) mass is 211 g/mol. The number of carboxylic acid groups (broad SMARTS) is 1. The molecule has 2 atom stereocenters. The highest BCUT2D eigenvalue weighted by atomic mass is 32.1. The van der Waals surface area contributed by atoms with Crippen molar-refractivity contribution in [2.45, 2.75) is 18.2 Å². The van der Waals surface area contributed by atoms with Crippen molar-refractivity contribution in [2.24, 2.45) is 5.73 Å². The predicted octanol–water partition coefficient (Wildman–Crippen LogP) is 1.38. The maximum Gasteiger partial charge on any atom is 0.321 e. The van der Waals surface area contributed by atoms with Crippen LogP contribution in [-0.2, 0) is 4.79 Å². The maximum atomic E-state index is 10.7. The summed E-state index contributed by atoms with van der Waals surface area (Å²) in [6, 6.07) is 6.52. The van der Waals surface area contributed by atoms with E-state index in [-0.39, 0.29) is 0 Å². The Balaban J connectivity index is 2.94. The third-order valence-corrected chi connectivity index (χ3v) is 2.73. The van der Waals surface area contributed by atoms with Crippen molar-refractivity contribution < 1.29 is 9.90 Å². The summed E-state index contributed by atoms with van der Waals surface area (Å²) >= 11 is 4.22. The second kappa shape index (κ2) is 4.48. The van der Waals surface area contributed by atoms with Crippen LogP contribution in [0.2, 0.25) is 0 Å².